The van der Waals surface area contributed by atoms with Gasteiger partial charge in [0, 0.05) is 19.5 Å². The molecule has 1 unspecified atom stereocenters. The maximum Gasteiger partial charge on any atom is 0.303 e. The molecule has 1 aromatic heterocycles. The lowest BCUT2D eigenvalue weighted by atomic mass is 9.93. The highest BCUT2D eigenvalue weighted by molar-refractivity contribution is 7.17. The van der Waals surface area contributed by atoms with Crippen LogP contribution in [-0.2, 0) is 4.79 Å². The fourth-order valence-electron chi connectivity index (χ4n) is 2.40. The average Bonchev–Trinajstić information content (AvgIpc) is 2.82. The third-order valence-corrected chi connectivity index (χ3v) is 4.58. The fraction of sp³-hybridized carbons (Fsp3) is 0.538. The van der Waals surface area contributed by atoms with E-state index in [1.807, 2.05) is 4.90 Å². The Labute approximate surface area is 121 Å². The number of carbonyl (C=O) groups excluding carboxylic acids is 1. The smallest absolute Gasteiger partial charge is 0.303 e. The summed E-state index contributed by atoms with van der Waals surface area (Å²) in [6, 6.07) is 3.47. The number of thiophene rings is 1. The van der Waals surface area contributed by atoms with Crippen LogP contribution in [0.5, 0.6) is 0 Å². The van der Waals surface area contributed by atoms with Crippen LogP contribution >= 0.6 is 22.9 Å². The maximum absolute atomic E-state index is 12.3. The molecule has 1 amide bonds. The molecule has 19 heavy (non-hydrogen) atoms. The van der Waals surface area contributed by atoms with Gasteiger partial charge in [0.05, 0.1) is 9.21 Å². The number of hydrogen-bond donors (Lipinski definition) is 1. The minimum absolute atomic E-state index is 0.0110. The average molecular weight is 302 g/mol. The lowest BCUT2D eigenvalue weighted by molar-refractivity contribution is -0.137. The summed E-state index contributed by atoms with van der Waals surface area (Å²) >= 11 is 7.13. The van der Waals surface area contributed by atoms with Crippen LogP contribution < -0.4 is 0 Å². The van der Waals surface area contributed by atoms with Crippen LogP contribution in [0.25, 0.3) is 0 Å². The van der Waals surface area contributed by atoms with Crippen molar-refractivity contribution >= 4 is 34.8 Å². The van der Waals surface area contributed by atoms with Crippen LogP contribution in [0.4, 0.5) is 0 Å². The number of aliphatic carboxylic acids is 1. The van der Waals surface area contributed by atoms with Crippen molar-refractivity contribution < 1.29 is 14.7 Å². The van der Waals surface area contributed by atoms with Gasteiger partial charge in [0.15, 0.2) is 0 Å². The standard InChI is InChI=1S/C13H16ClNO3S/c14-11-5-4-10(19-11)13(18)15-7-1-2-9(8-15)3-6-12(16)17/h4-5,9H,1-3,6-8H2,(H,16,17). The quantitative estimate of drug-likeness (QED) is 0.929. The second-order valence-electron chi connectivity index (χ2n) is 4.80. The third kappa shape index (κ3) is 3.94. The van der Waals surface area contributed by atoms with Crippen LogP contribution in [0.15, 0.2) is 12.1 Å². The van der Waals surface area contributed by atoms with Crippen molar-refractivity contribution in [1.82, 2.24) is 4.90 Å². The second-order valence-corrected chi connectivity index (χ2v) is 6.51. The van der Waals surface area contributed by atoms with Crippen LogP contribution in [0.2, 0.25) is 4.34 Å². The van der Waals surface area contributed by atoms with Crippen LogP contribution in [-0.4, -0.2) is 35.0 Å². The largest absolute Gasteiger partial charge is 0.481 e. The molecule has 0 spiro atoms. The molecule has 0 aliphatic carbocycles. The molecule has 2 rings (SSSR count). The van der Waals surface area contributed by atoms with Gasteiger partial charge in [-0.25, -0.2) is 0 Å². The summed E-state index contributed by atoms with van der Waals surface area (Å²) in [6.07, 6.45) is 2.76. The Morgan fingerprint density at radius 2 is 2.26 bits per heavy atom. The van der Waals surface area contributed by atoms with Gasteiger partial charge < -0.3 is 10.0 Å². The van der Waals surface area contributed by atoms with Crippen molar-refractivity contribution in [3.8, 4) is 0 Å². The van der Waals surface area contributed by atoms with E-state index in [0.717, 1.165) is 19.4 Å². The van der Waals surface area contributed by atoms with Crippen LogP contribution in [0.3, 0.4) is 0 Å². The van der Waals surface area contributed by atoms with E-state index in [1.54, 1.807) is 12.1 Å². The third-order valence-electron chi connectivity index (χ3n) is 3.36. The van der Waals surface area contributed by atoms with Crippen LogP contribution in [0.1, 0.15) is 35.4 Å². The van der Waals surface area contributed by atoms with Gasteiger partial charge >= 0.3 is 5.97 Å². The van der Waals surface area contributed by atoms with Crippen molar-refractivity contribution in [3.63, 3.8) is 0 Å². The summed E-state index contributed by atoms with van der Waals surface area (Å²) in [4.78, 5) is 25.3. The Hall–Kier alpha value is -1.07. The molecule has 0 radical (unpaired) electrons. The zero-order chi connectivity index (χ0) is 13.8. The van der Waals surface area contributed by atoms with E-state index in [-0.39, 0.29) is 12.3 Å². The number of carbonyl (C=O) groups is 2. The second kappa shape index (κ2) is 6.39. The number of carboxylic acids is 1. The van der Waals surface area contributed by atoms with E-state index in [1.165, 1.54) is 11.3 Å². The topological polar surface area (TPSA) is 57.6 Å². The Bertz CT molecular complexity index is 474. The molecule has 0 aromatic carbocycles. The molecule has 0 saturated carbocycles. The summed E-state index contributed by atoms with van der Waals surface area (Å²) in [5.74, 6) is -0.463. The highest BCUT2D eigenvalue weighted by Crippen LogP contribution is 2.26. The maximum atomic E-state index is 12.3. The number of rotatable bonds is 4. The first-order valence-electron chi connectivity index (χ1n) is 6.32. The molecule has 1 atom stereocenters. The van der Waals surface area contributed by atoms with Crippen molar-refractivity contribution in [1.29, 1.82) is 0 Å². The molecule has 1 aliphatic rings. The number of hydrogen-bond acceptors (Lipinski definition) is 3. The Kier molecular flexibility index (Phi) is 4.82. The van der Waals surface area contributed by atoms with E-state index in [2.05, 4.69) is 0 Å². The number of halogens is 1. The fourth-order valence-corrected chi connectivity index (χ4v) is 3.41. The van der Waals surface area contributed by atoms with Crippen LogP contribution in [0, 0.1) is 5.92 Å². The zero-order valence-electron chi connectivity index (χ0n) is 10.5. The minimum Gasteiger partial charge on any atom is -0.481 e. The molecule has 2 heterocycles. The molecule has 6 heteroatoms. The minimum atomic E-state index is -0.770. The van der Waals surface area contributed by atoms with E-state index in [4.69, 9.17) is 16.7 Å². The number of nitrogens with zero attached hydrogens (tertiary/aromatic N) is 1. The zero-order valence-corrected chi connectivity index (χ0v) is 12.0. The van der Waals surface area contributed by atoms with E-state index < -0.39 is 5.97 Å². The number of likely N-dealkylation sites (tertiary alicyclic amines) is 1. The number of amides is 1. The SMILES string of the molecule is O=C(O)CCC1CCCN(C(=O)c2ccc(Cl)s2)C1. The molecule has 1 aliphatic heterocycles. The molecule has 104 valence electrons. The summed E-state index contributed by atoms with van der Waals surface area (Å²) in [6.45, 7) is 1.40. The van der Waals surface area contributed by atoms with E-state index in [0.29, 0.717) is 28.1 Å². The van der Waals surface area contributed by atoms with E-state index in [9.17, 15) is 9.59 Å². The van der Waals surface area contributed by atoms with Gasteiger partial charge in [-0.05, 0) is 37.3 Å². The van der Waals surface area contributed by atoms with Gasteiger partial charge in [-0.2, -0.15) is 0 Å². The predicted octanol–water partition coefficient (Wildman–Crippen LogP) is 3.12. The van der Waals surface area contributed by atoms with Crippen molar-refractivity contribution in [2.45, 2.75) is 25.7 Å². The van der Waals surface area contributed by atoms with Gasteiger partial charge in [-0.3, -0.25) is 9.59 Å². The number of carboxylic acid groups (broad SMARTS) is 1. The summed E-state index contributed by atoms with van der Waals surface area (Å²) in [5, 5.41) is 8.71. The lowest BCUT2D eigenvalue weighted by Crippen LogP contribution is -2.39. The van der Waals surface area contributed by atoms with E-state index >= 15 is 0 Å². The molecular formula is C13H16ClNO3S. The van der Waals surface area contributed by atoms with Crippen molar-refractivity contribution in [3.05, 3.63) is 21.3 Å². The summed E-state index contributed by atoms with van der Waals surface area (Å²) in [5.41, 5.74) is 0. The molecule has 1 saturated heterocycles. The first-order chi connectivity index (χ1) is 9.06. The summed E-state index contributed by atoms with van der Waals surface area (Å²) < 4.78 is 0.614. The van der Waals surface area contributed by atoms with Gasteiger partial charge in [0.2, 0.25) is 0 Å². The normalized spacial score (nSPS) is 19.4. The monoisotopic (exact) mass is 301 g/mol. The molecule has 1 fully saturated rings. The molecular weight excluding hydrogens is 286 g/mol. The molecule has 1 aromatic rings. The molecule has 4 nitrogen and oxygen atoms in total. The van der Waals surface area contributed by atoms with Gasteiger partial charge in [-0.1, -0.05) is 11.6 Å². The Morgan fingerprint density at radius 1 is 1.47 bits per heavy atom. The van der Waals surface area contributed by atoms with Crippen molar-refractivity contribution in [2.24, 2.45) is 5.92 Å². The lowest BCUT2D eigenvalue weighted by Gasteiger charge is -2.32. The highest BCUT2D eigenvalue weighted by atomic mass is 35.5. The van der Waals surface area contributed by atoms with Gasteiger partial charge in [0.1, 0.15) is 0 Å². The first kappa shape index (κ1) is 14.3. The Morgan fingerprint density at radius 3 is 2.89 bits per heavy atom. The highest BCUT2D eigenvalue weighted by Gasteiger charge is 2.25. The molecule has 1 N–H and O–H groups in total. The van der Waals surface area contributed by atoms with Gasteiger partial charge in [0.25, 0.3) is 5.91 Å². The first-order valence-corrected chi connectivity index (χ1v) is 7.52. The summed E-state index contributed by atoms with van der Waals surface area (Å²) in [7, 11) is 0. The molecule has 0 bridgehead atoms. The van der Waals surface area contributed by atoms with Gasteiger partial charge in [-0.15, -0.1) is 11.3 Å². The number of piperidine rings is 1. The van der Waals surface area contributed by atoms with Crippen molar-refractivity contribution in [2.75, 3.05) is 13.1 Å². The predicted molar refractivity (Wildman–Crippen MR) is 74.8 cm³/mol. The Balaban J connectivity index is 1.93.